The number of rotatable bonds is 6. The van der Waals surface area contributed by atoms with Crippen LogP contribution in [0.1, 0.15) is 18.1 Å². The first kappa shape index (κ1) is 16.2. The van der Waals surface area contributed by atoms with E-state index in [1.807, 2.05) is 62.2 Å². The summed E-state index contributed by atoms with van der Waals surface area (Å²) in [5, 5.41) is 0. The highest BCUT2D eigenvalue weighted by Crippen LogP contribution is 2.16. The Labute approximate surface area is 133 Å². The molecule has 0 bridgehead atoms. The van der Waals surface area contributed by atoms with E-state index in [2.05, 4.69) is 23.1 Å². The van der Waals surface area contributed by atoms with Crippen molar-refractivity contribution in [3.63, 3.8) is 0 Å². The maximum atomic E-state index is 12.6. The van der Waals surface area contributed by atoms with Gasteiger partial charge in [0.1, 0.15) is 0 Å². The Morgan fingerprint density at radius 2 is 1.77 bits per heavy atom. The van der Waals surface area contributed by atoms with E-state index >= 15 is 0 Å². The highest BCUT2D eigenvalue weighted by atomic mass is 16.2. The number of nitrogens with zero attached hydrogens (tertiary/aromatic N) is 2. The minimum atomic E-state index is 0.131. The number of aryl methyl sites for hydroxylation is 1. The first-order valence-electron chi connectivity index (χ1n) is 7.69. The molecule has 0 N–H and O–H groups in total. The number of amides is 1. The summed E-state index contributed by atoms with van der Waals surface area (Å²) in [7, 11) is 1.98. The Hall–Kier alpha value is -2.13. The van der Waals surface area contributed by atoms with Gasteiger partial charge in [-0.25, -0.2) is 0 Å². The highest BCUT2D eigenvalue weighted by molar-refractivity contribution is 5.94. The number of anilines is 1. The van der Waals surface area contributed by atoms with Crippen LogP contribution in [0.4, 0.5) is 5.69 Å². The van der Waals surface area contributed by atoms with Gasteiger partial charge in [0.2, 0.25) is 5.91 Å². The molecule has 22 heavy (non-hydrogen) atoms. The van der Waals surface area contributed by atoms with E-state index < -0.39 is 0 Å². The fourth-order valence-corrected chi connectivity index (χ4v) is 2.57. The fraction of sp³-hybridized carbons (Fsp3) is 0.316. The van der Waals surface area contributed by atoms with Crippen LogP contribution in [-0.4, -0.2) is 30.9 Å². The highest BCUT2D eigenvalue weighted by Gasteiger charge is 2.16. The molecule has 0 saturated heterocycles. The molecule has 2 rings (SSSR count). The lowest BCUT2D eigenvalue weighted by Gasteiger charge is -2.25. The first-order valence-corrected chi connectivity index (χ1v) is 7.69. The summed E-state index contributed by atoms with van der Waals surface area (Å²) in [6.07, 6.45) is 0. The Kier molecular flexibility index (Phi) is 5.73. The van der Waals surface area contributed by atoms with Crippen LogP contribution in [0.15, 0.2) is 54.6 Å². The van der Waals surface area contributed by atoms with E-state index in [0.29, 0.717) is 13.1 Å². The average Bonchev–Trinajstić information content (AvgIpc) is 2.49. The number of benzene rings is 2. The van der Waals surface area contributed by atoms with Crippen molar-refractivity contribution in [2.24, 2.45) is 0 Å². The van der Waals surface area contributed by atoms with Crippen molar-refractivity contribution >= 4 is 11.6 Å². The molecular weight excluding hydrogens is 272 g/mol. The maximum Gasteiger partial charge on any atom is 0.241 e. The monoisotopic (exact) mass is 296 g/mol. The molecule has 0 aliphatic rings. The second kappa shape index (κ2) is 7.76. The largest absolute Gasteiger partial charge is 0.312 e. The Morgan fingerprint density at radius 1 is 1.05 bits per heavy atom. The molecule has 0 atom stereocenters. The van der Waals surface area contributed by atoms with Crippen LogP contribution in [0.3, 0.4) is 0 Å². The van der Waals surface area contributed by atoms with Gasteiger partial charge in [0.15, 0.2) is 0 Å². The molecule has 0 aliphatic carbocycles. The lowest BCUT2D eigenvalue weighted by atomic mass is 10.2. The molecule has 3 nitrogen and oxygen atoms in total. The van der Waals surface area contributed by atoms with Gasteiger partial charge in [0.05, 0.1) is 6.54 Å². The molecule has 0 aromatic heterocycles. The zero-order chi connectivity index (χ0) is 15.9. The predicted octanol–water partition coefficient (Wildman–Crippen LogP) is 3.48. The van der Waals surface area contributed by atoms with E-state index in [0.717, 1.165) is 12.2 Å². The van der Waals surface area contributed by atoms with Crippen molar-refractivity contribution in [2.75, 3.05) is 25.0 Å². The van der Waals surface area contributed by atoms with Crippen LogP contribution in [0.5, 0.6) is 0 Å². The number of hydrogen-bond donors (Lipinski definition) is 0. The molecule has 0 radical (unpaired) electrons. The number of carbonyl (C=O) groups excluding carboxylic acids is 1. The third-order valence-electron chi connectivity index (χ3n) is 3.63. The van der Waals surface area contributed by atoms with Crippen molar-refractivity contribution in [3.05, 3.63) is 65.7 Å². The smallest absolute Gasteiger partial charge is 0.241 e. The third kappa shape index (κ3) is 4.43. The average molecular weight is 296 g/mol. The van der Waals surface area contributed by atoms with Crippen LogP contribution >= 0.6 is 0 Å². The van der Waals surface area contributed by atoms with Crippen molar-refractivity contribution < 1.29 is 4.79 Å². The molecule has 0 saturated carbocycles. The summed E-state index contributed by atoms with van der Waals surface area (Å²) in [4.78, 5) is 16.5. The number of carbonyl (C=O) groups is 1. The van der Waals surface area contributed by atoms with Crippen molar-refractivity contribution in [3.8, 4) is 0 Å². The lowest BCUT2D eigenvalue weighted by Crippen LogP contribution is -2.38. The molecule has 3 heteroatoms. The van der Waals surface area contributed by atoms with Gasteiger partial charge in [0, 0.05) is 18.8 Å². The quantitative estimate of drug-likeness (QED) is 0.815. The molecule has 2 aromatic rings. The zero-order valence-electron chi connectivity index (χ0n) is 13.6. The second-order valence-corrected chi connectivity index (χ2v) is 5.63. The van der Waals surface area contributed by atoms with Crippen LogP contribution < -0.4 is 4.90 Å². The van der Waals surface area contributed by atoms with Crippen LogP contribution in [0.25, 0.3) is 0 Å². The van der Waals surface area contributed by atoms with E-state index in [1.54, 1.807) is 0 Å². The summed E-state index contributed by atoms with van der Waals surface area (Å²) >= 11 is 0. The van der Waals surface area contributed by atoms with Gasteiger partial charge >= 0.3 is 0 Å². The van der Waals surface area contributed by atoms with Crippen molar-refractivity contribution in [1.82, 2.24) is 4.90 Å². The minimum Gasteiger partial charge on any atom is -0.312 e. The summed E-state index contributed by atoms with van der Waals surface area (Å²) in [6.45, 7) is 5.93. The number of likely N-dealkylation sites (N-methyl/N-ethyl adjacent to an activating group) is 2. The Bertz CT molecular complexity index is 610. The molecule has 0 unspecified atom stereocenters. The minimum absolute atomic E-state index is 0.131. The second-order valence-electron chi connectivity index (χ2n) is 5.63. The SMILES string of the molecule is CCN(C(=O)CN(C)Cc1ccccc1)c1cccc(C)c1. The zero-order valence-corrected chi connectivity index (χ0v) is 13.6. The molecular formula is C19H24N2O. The third-order valence-corrected chi connectivity index (χ3v) is 3.63. The number of hydrogen-bond acceptors (Lipinski definition) is 2. The molecule has 2 aromatic carbocycles. The summed E-state index contributed by atoms with van der Waals surface area (Å²) in [6, 6.07) is 18.3. The first-order chi connectivity index (χ1) is 10.6. The van der Waals surface area contributed by atoms with E-state index in [-0.39, 0.29) is 5.91 Å². The Balaban J connectivity index is 2.00. The molecule has 0 spiro atoms. The molecule has 0 heterocycles. The molecule has 0 aliphatic heterocycles. The topological polar surface area (TPSA) is 23.6 Å². The predicted molar refractivity (Wildman–Crippen MR) is 92.0 cm³/mol. The molecule has 0 fully saturated rings. The maximum absolute atomic E-state index is 12.6. The van der Waals surface area contributed by atoms with Gasteiger partial charge in [-0.3, -0.25) is 9.69 Å². The summed E-state index contributed by atoms with van der Waals surface area (Å²) in [5.74, 6) is 0.131. The van der Waals surface area contributed by atoms with Crippen molar-refractivity contribution in [2.45, 2.75) is 20.4 Å². The van der Waals surface area contributed by atoms with E-state index in [9.17, 15) is 4.79 Å². The van der Waals surface area contributed by atoms with Gasteiger partial charge in [0.25, 0.3) is 0 Å². The van der Waals surface area contributed by atoms with Gasteiger partial charge < -0.3 is 4.90 Å². The van der Waals surface area contributed by atoms with Gasteiger partial charge in [-0.05, 0) is 44.2 Å². The standard InChI is InChI=1S/C19H24N2O/c1-4-21(18-12-8-9-16(2)13-18)19(22)15-20(3)14-17-10-6-5-7-11-17/h5-13H,4,14-15H2,1-3H3. The van der Waals surface area contributed by atoms with Gasteiger partial charge in [-0.2, -0.15) is 0 Å². The van der Waals surface area contributed by atoms with E-state index in [1.165, 1.54) is 11.1 Å². The van der Waals surface area contributed by atoms with Gasteiger partial charge in [-0.15, -0.1) is 0 Å². The van der Waals surface area contributed by atoms with Crippen LogP contribution in [0, 0.1) is 6.92 Å². The van der Waals surface area contributed by atoms with Crippen LogP contribution in [0.2, 0.25) is 0 Å². The fourth-order valence-electron chi connectivity index (χ4n) is 2.57. The Morgan fingerprint density at radius 3 is 2.41 bits per heavy atom. The summed E-state index contributed by atoms with van der Waals surface area (Å²) in [5.41, 5.74) is 3.36. The normalized spacial score (nSPS) is 10.7. The molecule has 1 amide bonds. The van der Waals surface area contributed by atoms with E-state index in [4.69, 9.17) is 0 Å². The van der Waals surface area contributed by atoms with Gasteiger partial charge in [-0.1, -0.05) is 42.5 Å². The van der Waals surface area contributed by atoms with Crippen LogP contribution in [-0.2, 0) is 11.3 Å². The summed E-state index contributed by atoms with van der Waals surface area (Å²) < 4.78 is 0. The lowest BCUT2D eigenvalue weighted by molar-refractivity contribution is -0.119. The molecule has 116 valence electrons. The van der Waals surface area contributed by atoms with Crippen molar-refractivity contribution in [1.29, 1.82) is 0 Å².